The van der Waals surface area contributed by atoms with Crippen LogP contribution in [0.1, 0.15) is 25.0 Å². The molecule has 0 saturated heterocycles. The van der Waals surface area contributed by atoms with Crippen molar-refractivity contribution >= 4 is 23.4 Å². The molecule has 232 valence electrons. The lowest BCUT2D eigenvalue weighted by Crippen LogP contribution is -2.33. The molecule has 0 fully saturated rings. The molecule has 10 heteroatoms. The summed E-state index contributed by atoms with van der Waals surface area (Å²) in [5, 5.41) is 5.75. The van der Waals surface area contributed by atoms with Gasteiger partial charge in [0.05, 0.1) is 0 Å². The smallest absolute Gasteiger partial charge is 0.260 e. The van der Waals surface area contributed by atoms with Gasteiger partial charge in [0, 0.05) is 19.1 Å². The minimum absolute atomic E-state index is 0.165. The van der Waals surface area contributed by atoms with Crippen molar-refractivity contribution in [2.75, 3.05) is 14.1 Å². The molecular formula is C34H36ClFN2O6. The van der Waals surface area contributed by atoms with Crippen LogP contribution in [0.25, 0.3) is 0 Å². The SMILES string of the molecule is CNC(=O)C(C)Oc1ccc(OCc2cccc(Cl)c2)cc1.CNC(=O)C(C)Oc1ccc(OCc2cccc(F)c2)cc1. The van der Waals surface area contributed by atoms with Gasteiger partial charge in [-0.3, -0.25) is 9.59 Å². The van der Waals surface area contributed by atoms with E-state index in [2.05, 4.69) is 10.6 Å². The first-order valence-electron chi connectivity index (χ1n) is 13.9. The number of ether oxygens (including phenoxy) is 4. The van der Waals surface area contributed by atoms with Crippen molar-refractivity contribution in [2.24, 2.45) is 0 Å². The fraction of sp³-hybridized carbons (Fsp3) is 0.235. The number of amides is 2. The van der Waals surface area contributed by atoms with Crippen LogP contribution < -0.4 is 29.6 Å². The van der Waals surface area contributed by atoms with E-state index in [1.807, 2.05) is 24.3 Å². The van der Waals surface area contributed by atoms with Crippen molar-refractivity contribution in [3.63, 3.8) is 0 Å². The summed E-state index contributed by atoms with van der Waals surface area (Å²) < 4.78 is 35.3. The highest BCUT2D eigenvalue weighted by Crippen LogP contribution is 2.21. The Bertz CT molecular complexity index is 1370. The minimum atomic E-state index is -0.566. The Labute approximate surface area is 262 Å². The molecule has 2 atom stereocenters. The molecule has 2 amide bonds. The Kier molecular flexibility index (Phi) is 13.3. The third-order valence-corrected chi connectivity index (χ3v) is 6.33. The van der Waals surface area contributed by atoms with Crippen LogP contribution in [-0.4, -0.2) is 38.1 Å². The number of hydrogen-bond donors (Lipinski definition) is 2. The van der Waals surface area contributed by atoms with Crippen molar-refractivity contribution < 1.29 is 32.9 Å². The summed E-state index contributed by atoms with van der Waals surface area (Å²) in [6.45, 7) is 4.09. The Balaban J connectivity index is 0.000000240. The second kappa shape index (κ2) is 17.4. The summed E-state index contributed by atoms with van der Waals surface area (Å²) in [4.78, 5) is 22.8. The molecule has 0 aromatic heterocycles. The topological polar surface area (TPSA) is 95.1 Å². The Hall–Kier alpha value is -4.76. The first-order chi connectivity index (χ1) is 21.2. The molecule has 4 aromatic carbocycles. The van der Waals surface area contributed by atoms with E-state index >= 15 is 0 Å². The van der Waals surface area contributed by atoms with E-state index in [0.717, 1.165) is 16.9 Å². The van der Waals surface area contributed by atoms with Crippen molar-refractivity contribution in [2.45, 2.75) is 39.3 Å². The molecule has 4 rings (SSSR count). The van der Waals surface area contributed by atoms with Gasteiger partial charge < -0.3 is 29.6 Å². The lowest BCUT2D eigenvalue weighted by atomic mass is 10.2. The van der Waals surface area contributed by atoms with Gasteiger partial charge in [0.25, 0.3) is 11.8 Å². The van der Waals surface area contributed by atoms with Gasteiger partial charge in [0.15, 0.2) is 12.2 Å². The minimum Gasteiger partial charge on any atom is -0.489 e. The van der Waals surface area contributed by atoms with Gasteiger partial charge in [0.2, 0.25) is 0 Å². The van der Waals surface area contributed by atoms with Crippen LogP contribution in [0.3, 0.4) is 0 Å². The average molecular weight is 623 g/mol. The predicted molar refractivity (Wildman–Crippen MR) is 168 cm³/mol. The fourth-order valence-corrected chi connectivity index (χ4v) is 3.95. The molecule has 2 unspecified atom stereocenters. The number of rotatable bonds is 12. The number of nitrogens with one attached hydrogen (secondary N) is 2. The second-order valence-electron chi connectivity index (χ2n) is 9.53. The molecule has 0 heterocycles. The largest absolute Gasteiger partial charge is 0.489 e. The molecule has 8 nitrogen and oxygen atoms in total. The van der Waals surface area contributed by atoms with Gasteiger partial charge in [0.1, 0.15) is 42.0 Å². The molecule has 4 aromatic rings. The third kappa shape index (κ3) is 11.5. The number of carbonyl (C=O) groups is 2. The van der Waals surface area contributed by atoms with E-state index in [1.165, 1.54) is 12.1 Å². The van der Waals surface area contributed by atoms with Crippen LogP contribution in [0.2, 0.25) is 5.02 Å². The van der Waals surface area contributed by atoms with Gasteiger partial charge in [-0.1, -0.05) is 35.9 Å². The summed E-state index contributed by atoms with van der Waals surface area (Å²) in [5.41, 5.74) is 1.76. The predicted octanol–water partition coefficient (Wildman–Crippen LogP) is 6.35. The molecule has 0 aliphatic carbocycles. The van der Waals surface area contributed by atoms with Crippen LogP contribution in [-0.2, 0) is 22.8 Å². The zero-order chi connectivity index (χ0) is 31.9. The molecular weight excluding hydrogens is 587 g/mol. The van der Waals surface area contributed by atoms with Gasteiger partial charge in [-0.15, -0.1) is 0 Å². The van der Waals surface area contributed by atoms with Gasteiger partial charge in [-0.25, -0.2) is 4.39 Å². The van der Waals surface area contributed by atoms with Crippen LogP contribution in [0.15, 0.2) is 97.1 Å². The summed E-state index contributed by atoms with van der Waals surface area (Å²) in [5.74, 6) is 1.92. The molecule has 0 bridgehead atoms. The van der Waals surface area contributed by atoms with Gasteiger partial charge in [-0.2, -0.15) is 0 Å². The van der Waals surface area contributed by atoms with E-state index in [1.54, 1.807) is 88.6 Å². The maximum atomic E-state index is 13.1. The highest BCUT2D eigenvalue weighted by atomic mass is 35.5. The molecule has 0 radical (unpaired) electrons. The summed E-state index contributed by atoms with van der Waals surface area (Å²) >= 11 is 5.93. The lowest BCUT2D eigenvalue weighted by Gasteiger charge is -2.13. The molecule has 44 heavy (non-hydrogen) atoms. The molecule has 2 N–H and O–H groups in total. The first kappa shape index (κ1) is 33.7. The number of hydrogen-bond acceptors (Lipinski definition) is 6. The molecule has 0 spiro atoms. The van der Waals surface area contributed by atoms with E-state index in [0.29, 0.717) is 28.9 Å². The number of likely N-dealkylation sites (N-methyl/N-ethyl adjacent to an activating group) is 2. The standard InChI is InChI=1S/C17H18ClNO3.C17H18FNO3/c2*1-12(17(20)19-2)22-16-8-6-15(7-9-16)21-11-13-4-3-5-14(18)10-13/h2*3-10,12H,11H2,1-2H3,(H,19,20). The molecule has 0 aliphatic heterocycles. The summed E-state index contributed by atoms with van der Waals surface area (Å²) in [6, 6.07) is 27.9. The second-order valence-corrected chi connectivity index (χ2v) is 9.97. The number of benzene rings is 4. The molecule has 0 aliphatic rings. The third-order valence-electron chi connectivity index (χ3n) is 6.09. The van der Waals surface area contributed by atoms with Gasteiger partial charge in [-0.05, 0) is 97.8 Å². The van der Waals surface area contributed by atoms with Crippen LogP contribution in [0.5, 0.6) is 23.0 Å². The monoisotopic (exact) mass is 622 g/mol. The molecule has 0 saturated carbocycles. The summed E-state index contributed by atoms with van der Waals surface area (Å²) in [7, 11) is 3.14. The normalized spacial score (nSPS) is 11.6. The maximum Gasteiger partial charge on any atom is 0.260 e. The number of carbonyl (C=O) groups excluding carboxylic acids is 2. The fourth-order valence-electron chi connectivity index (χ4n) is 3.74. The van der Waals surface area contributed by atoms with E-state index in [9.17, 15) is 14.0 Å². The Morgan fingerprint density at radius 3 is 1.48 bits per heavy atom. The first-order valence-corrected chi connectivity index (χ1v) is 14.3. The highest BCUT2D eigenvalue weighted by Gasteiger charge is 2.13. The zero-order valence-electron chi connectivity index (χ0n) is 25.0. The van der Waals surface area contributed by atoms with Crippen molar-refractivity contribution in [3.05, 3.63) is 119 Å². The van der Waals surface area contributed by atoms with E-state index in [-0.39, 0.29) is 24.2 Å². The van der Waals surface area contributed by atoms with E-state index in [4.69, 9.17) is 30.5 Å². The average Bonchev–Trinajstić information content (AvgIpc) is 3.03. The quantitative estimate of drug-likeness (QED) is 0.191. The Morgan fingerprint density at radius 2 is 1.07 bits per heavy atom. The number of halogens is 2. The highest BCUT2D eigenvalue weighted by molar-refractivity contribution is 6.30. The maximum absolute atomic E-state index is 13.1. The van der Waals surface area contributed by atoms with Gasteiger partial charge >= 0.3 is 0 Å². The van der Waals surface area contributed by atoms with Crippen LogP contribution in [0, 0.1) is 5.82 Å². The zero-order valence-corrected chi connectivity index (χ0v) is 25.8. The van der Waals surface area contributed by atoms with Crippen molar-refractivity contribution in [3.8, 4) is 23.0 Å². The van der Waals surface area contributed by atoms with Crippen molar-refractivity contribution in [1.82, 2.24) is 10.6 Å². The van der Waals surface area contributed by atoms with Crippen LogP contribution >= 0.6 is 11.6 Å². The van der Waals surface area contributed by atoms with Crippen LogP contribution in [0.4, 0.5) is 4.39 Å². The van der Waals surface area contributed by atoms with Crippen molar-refractivity contribution in [1.29, 1.82) is 0 Å². The van der Waals surface area contributed by atoms with E-state index < -0.39 is 12.2 Å². The lowest BCUT2D eigenvalue weighted by molar-refractivity contribution is -0.127. The Morgan fingerprint density at radius 1 is 0.659 bits per heavy atom. The summed E-state index contributed by atoms with van der Waals surface area (Å²) in [6.07, 6.45) is -1.10.